The normalized spacial score (nSPS) is 28.9. The molecule has 3 rings (SSSR count). The summed E-state index contributed by atoms with van der Waals surface area (Å²) in [5.74, 6) is 0.316. The SMILES string of the molecule is O=C(c1ccccc1)C1CN1C1CCCCC1. The van der Waals surface area contributed by atoms with Gasteiger partial charge in [0, 0.05) is 18.2 Å². The molecule has 0 N–H and O–H groups in total. The fourth-order valence-electron chi connectivity index (χ4n) is 3.00. The second-order valence-electron chi connectivity index (χ2n) is 5.23. The summed E-state index contributed by atoms with van der Waals surface area (Å²) in [7, 11) is 0. The highest BCUT2D eigenvalue weighted by molar-refractivity contribution is 6.02. The van der Waals surface area contributed by atoms with E-state index in [4.69, 9.17) is 0 Å². The van der Waals surface area contributed by atoms with Crippen LogP contribution in [0.25, 0.3) is 0 Å². The Morgan fingerprint density at radius 1 is 1.06 bits per heavy atom. The van der Waals surface area contributed by atoms with Gasteiger partial charge in [0.2, 0.25) is 0 Å². The van der Waals surface area contributed by atoms with Crippen LogP contribution in [0.5, 0.6) is 0 Å². The first kappa shape index (κ1) is 11.0. The van der Waals surface area contributed by atoms with Crippen LogP contribution in [0.3, 0.4) is 0 Å². The van der Waals surface area contributed by atoms with E-state index in [0.29, 0.717) is 11.8 Å². The molecule has 2 unspecified atom stereocenters. The van der Waals surface area contributed by atoms with E-state index < -0.39 is 0 Å². The summed E-state index contributed by atoms with van der Waals surface area (Å²) in [6.07, 6.45) is 6.64. The molecule has 2 aliphatic rings. The fourth-order valence-corrected chi connectivity index (χ4v) is 3.00. The lowest BCUT2D eigenvalue weighted by molar-refractivity contribution is 0.0963. The predicted octanol–water partition coefficient (Wildman–Crippen LogP) is 2.89. The Morgan fingerprint density at radius 2 is 1.76 bits per heavy atom. The molecule has 2 atom stereocenters. The molecule has 0 spiro atoms. The van der Waals surface area contributed by atoms with Gasteiger partial charge in [0.25, 0.3) is 0 Å². The van der Waals surface area contributed by atoms with Gasteiger partial charge in [-0.3, -0.25) is 9.69 Å². The highest BCUT2D eigenvalue weighted by atomic mass is 16.1. The van der Waals surface area contributed by atoms with Gasteiger partial charge in [-0.2, -0.15) is 0 Å². The molecule has 0 amide bonds. The van der Waals surface area contributed by atoms with E-state index in [0.717, 1.165) is 12.1 Å². The highest BCUT2D eigenvalue weighted by Gasteiger charge is 2.44. The van der Waals surface area contributed by atoms with Crippen molar-refractivity contribution in [3.8, 4) is 0 Å². The Morgan fingerprint density at radius 3 is 2.47 bits per heavy atom. The summed E-state index contributed by atoms with van der Waals surface area (Å²) < 4.78 is 0. The van der Waals surface area contributed by atoms with Crippen molar-refractivity contribution in [2.75, 3.05) is 6.54 Å². The van der Waals surface area contributed by atoms with E-state index in [1.165, 1.54) is 32.1 Å². The zero-order valence-electron chi connectivity index (χ0n) is 10.1. The van der Waals surface area contributed by atoms with Crippen molar-refractivity contribution < 1.29 is 4.79 Å². The number of carbonyl (C=O) groups is 1. The molecular weight excluding hydrogens is 210 g/mol. The van der Waals surface area contributed by atoms with Crippen LogP contribution < -0.4 is 0 Å². The number of benzene rings is 1. The van der Waals surface area contributed by atoms with Crippen LogP contribution in [-0.2, 0) is 0 Å². The highest BCUT2D eigenvalue weighted by Crippen LogP contribution is 2.32. The molecule has 90 valence electrons. The maximum atomic E-state index is 12.2. The Balaban J connectivity index is 1.62. The smallest absolute Gasteiger partial charge is 0.181 e. The maximum Gasteiger partial charge on any atom is 0.181 e. The molecule has 1 aliphatic heterocycles. The monoisotopic (exact) mass is 229 g/mol. The number of ketones is 1. The minimum absolute atomic E-state index is 0.181. The summed E-state index contributed by atoms with van der Waals surface area (Å²) in [4.78, 5) is 14.6. The van der Waals surface area contributed by atoms with Crippen LogP contribution in [0.2, 0.25) is 0 Å². The molecule has 1 saturated heterocycles. The predicted molar refractivity (Wildman–Crippen MR) is 68.1 cm³/mol. The number of carbonyl (C=O) groups excluding carboxylic acids is 1. The van der Waals surface area contributed by atoms with Gasteiger partial charge >= 0.3 is 0 Å². The van der Waals surface area contributed by atoms with Crippen LogP contribution in [-0.4, -0.2) is 29.3 Å². The van der Waals surface area contributed by atoms with Gasteiger partial charge < -0.3 is 0 Å². The van der Waals surface area contributed by atoms with E-state index in [9.17, 15) is 4.79 Å². The third-order valence-corrected chi connectivity index (χ3v) is 4.06. The summed E-state index contributed by atoms with van der Waals surface area (Å²) in [6, 6.07) is 10.6. The van der Waals surface area contributed by atoms with E-state index in [1.807, 2.05) is 30.3 Å². The Kier molecular flexibility index (Phi) is 2.98. The Bertz CT molecular complexity index is 395. The quantitative estimate of drug-likeness (QED) is 0.586. The van der Waals surface area contributed by atoms with Crippen molar-refractivity contribution in [1.29, 1.82) is 0 Å². The molecule has 2 nitrogen and oxygen atoms in total. The Labute approximate surface area is 103 Å². The number of nitrogens with zero attached hydrogens (tertiary/aromatic N) is 1. The molecule has 2 heteroatoms. The first-order valence-corrected chi connectivity index (χ1v) is 6.71. The standard InChI is InChI=1S/C15H19NO/c17-15(12-7-3-1-4-8-12)14-11-16(14)13-9-5-2-6-10-13/h1,3-4,7-8,13-14H,2,5-6,9-11H2. The fraction of sp³-hybridized carbons (Fsp3) is 0.533. The second kappa shape index (κ2) is 4.61. The lowest BCUT2D eigenvalue weighted by Crippen LogP contribution is -2.26. The van der Waals surface area contributed by atoms with E-state index in [2.05, 4.69) is 4.90 Å². The second-order valence-corrected chi connectivity index (χ2v) is 5.23. The molecule has 1 saturated carbocycles. The number of rotatable bonds is 3. The minimum atomic E-state index is 0.181. The van der Waals surface area contributed by atoms with Crippen LogP contribution in [0.1, 0.15) is 42.5 Å². The van der Waals surface area contributed by atoms with Gasteiger partial charge in [0.15, 0.2) is 5.78 Å². The molecule has 0 bridgehead atoms. The molecular formula is C15H19NO. The summed E-state index contributed by atoms with van der Waals surface area (Å²) in [6.45, 7) is 0.985. The molecule has 1 aromatic carbocycles. The summed E-state index contributed by atoms with van der Waals surface area (Å²) >= 11 is 0. The largest absolute Gasteiger partial charge is 0.292 e. The molecule has 0 radical (unpaired) electrons. The Hall–Kier alpha value is -1.15. The van der Waals surface area contributed by atoms with Gasteiger partial charge in [0.1, 0.15) is 0 Å². The molecule has 0 aromatic heterocycles. The van der Waals surface area contributed by atoms with Crippen LogP contribution in [0.4, 0.5) is 0 Å². The van der Waals surface area contributed by atoms with E-state index in [1.54, 1.807) is 0 Å². The number of Topliss-reactive ketones (excluding diaryl/α,β-unsaturated/α-hetero) is 1. The van der Waals surface area contributed by atoms with E-state index in [-0.39, 0.29) is 6.04 Å². The van der Waals surface area contributed by atoms with Crippen molar-refractivity contribution in [2.45, 2.75) is 44.2 Å². The van der Waals surface area contributed by atoms with Gasteiger partial charge in [-0.15, -0.1) is 0 Å². The van der Waals surface area contributed by atoms with Gasteiger partial charge in [0.05, 0.1) is 6.04 Å². The van der Waals surface area contributed by atoms with Crippen molar-refractivity contribution >= 4 is 5.78 Å². The molecule has 17 heavy (non-hydrogen) atoms. The van der Waals surface area contributed by atoms with Crippen molar-refractivity contribution in [3.63, 3.8) is 0 Å². The van der Waals surface area contributed by atoms with E-state index >= 15 is 0 Å². The van der Waals surface area contributed by atoms with Gasteiger partial charge in [-0.05, 0) is 12.8 Å². The maximum absolute atomic E-state index is 12.2. The minimum Gasteiger partial charge on any atom is -0.292 e. The van der Waals surface area contributed by atoms with Crippen LogP contribution in [0.15, 0.2) is 30.3 Å². The molecule has 1 heterocycles. The lowest BCUT2D eigenvalue weighted by atomic mass is 9.95. The zero-order chi connectivity index (χ0) is 11.7. The third kappa shape index (κ3) is 2.27. The molecule has 1 aliphatic carbocycles. The number of hydrogen-bond acceptors (Lipinski definition) is 2. The lowest BCUT2D eigenvalue weighted by Gasteiger charge is -2.23. The summed E-state index contributed by atoms with van der Waals surface area (Å²) in [5, 5.41) is 0. The zero-order valence-corrected chi connectivity index (χ0v) is 10.1. The third-order valence-electron chi connectivity index (χ3n) is 4.06. The average molecular weight is 229 g/mol. The first-order valence-electron chi connectivity index (χ1n) is 6.71. The average Bonchev–Trinajstić information content (AvgIpc) is 3.20. The van der Waals surface area contributed by atoms with Crippen molar-refractivity contribution in [1.82, 2.24) is 4.90 Å². The van der Waals surface area contributed by atoms with Crippen LogP contribution >= 0.6 is 0 Å². The van der Waals surface area contributed by atoms with Gasteiger partial charge in [-0.1, -0.05) is 49.6 Å². The van der Waals surface area contributed by atoms with Crippen molar-refractivity contribution in [2.24, 2.45) is 0 Å². The van der Waals surface area contributed by atoms with Crippen molar-refractivity contribution in [3.05, 3.63) is 35.9 Å². The summed E-state index contributed by atoms with van der Waals surface area (Å²) in [5.41, 5.74) is 0.871. The topological polar surface area (TPSA) is 20.1 Å². The number of hydrogen-bond donors (Lipinski definition) is 0. The first-order chi connectivity index (χ1) is 8.36. The van der Waals surface area contributed by atoms with Crippen LogP contribution in [0, 0.1) is 0 Å². The molecule has 1 aromatic rings. The molecule has 2 fully saturated rings. The van der Waals surface area contributed by atoms with Gasteiger partial charge in [-0.25, -0.2) is 0 Å².